The molecule has 0 saturated heterocycles. The van der Waals surface area contributed by atoms with Gasteiger partial charge in [0, 0.05) is 23.0 Å². The van der Waals surface area contributed by atoms with Crippen LogP contribution in [0.15, 0.2) is 29.0 Å². The van der Waals surface area contributed by atoms with Crippen LogP contribution in [0.25, 0.3) is 11.3 Å². The fraction of sp³-hybridized carbons (Fsp3) is 0.412. The summed E-state index contributed by atoms with van der Waals surface area (Å²) in [5.74, 6) is -0.0256. The molecule has 1 aliphatic rings. The normalized spacial score (nSPS) is 21.5. The molecule has 0 spiro atoms. The van der Waals surface area contributed by atoms with Crippen LogP contribution in [0.3, 0.4) is 0 Å². The third kappa shape index (κ3) is 3.36. The van der Waals surface area contributed by atoms with Crippen LogP contribution < -0.4 is 11.1 Å². The van der Waals surface area contributed by atoms with E-state index in [1.165, 1.54) is 0 Å². The Morgan fingerprint density at radius 2 is 2.05 bits per heavy atom. The molecule has 116 valence electrons. The summed E-state index contributed by atoms with van der Waals surface area (Å²) >= 11 is 1.64. The molecule has 22 heavy (non-hydrogen) atoms. The molecule has 3 rings (SSSR count). The molecule has 1 fully saturated rings. The standard InChI is InChI=1S/C17H21N3OS/c1-11-15(6-7-16(19-11)12-8-9-22-10-12)17(21)20-14-4-2-13(18)3-5-14/h6-10,13-14H,2-5,18H2,1H3,(H,20,21). The summed E-state index contributed by atoms with van der Waals surface area (Å²) in [6.45, 7) is 1.89. The van der Waals surface area contributed by atoms with E-state index < -0.39 is 0 Å². The summed E-state index contributed by atoms with van der Waals surface area (Å²) in [5.41, 5.74) is 9.35. The first-order chi connectivity index (χ1) is 10.6. The van der Waals surface area contributed by atoms with Crippen molar-refractivity contribution < 1.29 is 4.79 Å². The molecule has 4 nitrogen and oxygen atoms in total. The second-order valence-corrected chi connectivity index (χ2v) is 6.71. The van der Waals surface area contributed by atoms with E-state index in [2.05, 4.69) is 15.7 Å². The van der Waals surface area contributed by atoms with Gasteiger partial charge in [0.05, 0.1) is 17.0 Å². The highest BCUT2D eigenvalue weighted by molar-refractivity contribution is 7.08. The largest absolute Gasteiger partial charge is 0.349 e. The second kappa shape index (κ2) is 6.58. The lowest BCUT2D eigenvalue weighted by atomic mass is 9.91. The van der Waals surface area contributed by atoms with Crippen LogP contribution in [-0.2, 0) is 0 Å². The van der Waals surface area contributed by atoms with Gasteiger partial charge in [-0.25, -0.2) is 0 Å². The first-order valence-corrected chi connectivity index (χ1v) is 8.64. The van der Waals surface area contributed by atoms with Crippen LogP contribution in [0.2, 0.25) is 0 Å². The summed E-state index contributed by atoms with van der Waals surface area (Å²) in [7, 11) is 0. The number of aryl methyl sites for hydroxylation is 1. The molecule has 1 aliphatic carbocycles. The number of nitrogens with zero attached hydrogens (tertiary/aromatic N) is 1. The Hall–Kier alpha value is -1.72. The van der Waals surface area contributed by atoms with Crippen molar-refractivity contribution in [2.75, 3.05) is 0 Å². The average Bonchev–Trinajstić information content (AvgIpc) is 3.03. The minimum absolute atomic E-state index is 0.0256. The van der Waals surface area contributed by atoms with Gasteiger partial charge in [-0.15, -0.1) is 0 Å². The quantitative estimate of drug-likeness (QED) is 0.914. The van der Waals surface area contributed by atoms with E-state index in [0.717, 1.165) is 42.6 Å². The molecule has 0 radical (unpaired) electrons. The first-order valence-electron chi connectivity index (χ1n) is 7.70. The highest BCUT2D eigenvalue weighted by atomic mass is 32.1. The second-order valence-electron chi connectivity index (χ2n) is 5.93. The number of hydrogen-bond donors (Lipinski definition) is 2. The maximum absolute atomic E-state index is 12.4. The molecular weight excluding hydrogens is 294 g/mol. The number of aromatic nitrogens is 1. The third-order valence-corrected chi connectivity index (χ3v) is 4.94. The van der Waals surface area contributed by atoms with E-state index in [0.29, 0.717) is 11.6 Å². The van der Waals surface area contributed by atoms with Crippen LogP contribution in [0.5, 0.6) is 0 Å². The Morgan fingerprint density at radius 3 is 2.68 bits per heavy atom. The number of carbonyl (C=O) groups is 1. The lowest BCUT2D eigenvalue weighted by Gasteiger charge is -2.27. The number of thiophene rings is 1. The number of hydrogen-bond acceptors (Lipinski definition) is 4. The van der Waals surface area contributed by atoms with Crippen molar-refractivity contribution in [3.8, 4) is 11.3 Å². The van der Waals surface area contributed by atoms with Crippen molar-refractivity contribution in [3.05, 3.63) is 40.2 Å². The summed E-state index contributed by atoms with van der Waals surface area (Å²) in [6.07, 6.45) is 3.90. The van der Waals surface area contributed by atoms with E-state index >= 15 is 0 Å². The van der Waals surface area contributed by atoms with Gasteiger partial charge in [-0.05, 0) is 56.2 Å². The van der Waals surface area contributed by atoms with Crippen molar-refractivity contribution in [1.82, 2.24) is 10.3 Å². The molecule has 1 saturated carbocycles. The van der Waals surface area contributed by atoms with Crippen molar-refractivity contribution in [3.63, 3.8) is 0 Å². The molecule has 0 atom stereocenters. The Kier molecular flexibility index (Phi) is 4.55. The molecule has 0 aliphatic heterocycles. The van der Waals surface area contributed by atoms with Crippen LogP contribution in [-0.4, -0.2) is 23.0 Å². The molecule has 2 aromatic rings. The lowest BCUT2D eigenvalue weighted by molar-refractivity contribution is 0.0925. The molecule has 0 bridgehead atoms. The first kappa shape index (κ1) is 15.2. The number of amides is 1. The van der Waals surface area contributed by atoms with Crippen LogP contribution >= 0.6 is 11.3 Å². The van der Waals surface area contributed by atoms with Crippen LogP contribution in [0.4, 0.5) is 0 Å². The SMILES string of the molecule is Cc1nc(-c2ccsc2)ccc1C(=O)NC1CCC(N)CC1. The molecule has 3 N–H and O–H groups in total. The summed E-state index contributed by atoms with van der Waals surface area (Å²) in [4.78, 5) is 17.0. The fourth-order valence-electron chi connectivity index (χ4n) is 2.90. The average molecular weight is 315 g/mol. The monoisotopic (exact) mass is 315 g/mol. The van der Waals surface area contributed by atoms with Gasteiger partial charge in [0.1, 0.15) is 0 Å². The molecule has 0 unspecified atom stereocenters. The number of nitrogens with two attached hydrogens (primary N) is 1. The zero-order valence-corrected chi connectivity index (χ0v) is 13.5. The van der Waals surface area contributed by atoms with Crippen LogP contribution in [0, 0.1) is 6.92 Å². The fourth-order valence-corrected chi connectivity index (χ4v) is 3.55. The lowest BCUT2D eigenvalue weighted by Crippen LogP contribution is -2.40. The highest BCUT2D eigenvalue weighted by Crippen LogP contribution is 2.22. The molecule has 2 aromatic heterocycles. The zero-order valence-electron chi connectivity index (χ0n) is 12.7. The molecule has 1 amide bonds. The zero-order chi connectivity index (χ0) is 15.5. The Labute approximate surface area is 134 Å². The maximum atomic E-state index is 12.4. The third-order valence-electron chi connectivity index (χ3n) is 4.25. The van der Waals surface area contributed by atoms with Crippen molar-refractivity contribution in [2.45, 2.75) is 44.7 Å². The molecular formula is C17H21N3OS. The van der Waals surface area contributed by atoms with Gasteiger partial charge >= 0.3 is 0 Å². The van der Waals surface area contributed by atoms with E-state index in [4.69, 9.17) is 5.73 Å². The minimum Gasteiger partial charge on any atom is -0.349 e. The van der Waals surface area contributed by atoms with E-state index in [1.54, 1.807) is 11.3 Å². The summed E-state index contributed by atoms with van der Waals surface area (Å²) < 4.78 is 0. The Balaban J connectivity index is 1.70. The van der Waals surface area contributed by atoms with Crippen LogP contribution in [0.1, 0.15) is 41.7 Å². The minimum atomic E-state index is -0.0256. The number of carbonyl (C=O) groups excluding carboxylic acids is 1. The van der Waals surface area contributed by atoms with Gasteiger partial charge in [-0.3, -0.25) is 9.78 Å². The predicted octanol–water partition coefficient (Wildman–Crippen LogP) is 3.12. The van der Waals surface area contributed by atoms with E-state index in [-0.39, 0.29) is 11.9 Å². The van der Waals surface area contributed by atoms with Gasteiger partial charge in [0.15, 0.2) is 0 Å². The van der Waals surface area contributed by atoms with Gasteiger partial charge < -0.3 is 11.1 Å². The van der Waals surface area contributed by atoms with E-state index in [1.807, 2.05) is 30.5 Å². The maximum Gasteiger partial charge on any atom is 0.253 e. The Morgan fingerprint density at radius 1 is 1.27 bits per heavy atom. The topological polar surface area (TPSA) is 68.0 Å². The van der Waals surface area contributed by atoms with Gasteiger partial charge in [-0.1, -0.05) is 0 Å². The van der Waals surface area contributed by atoms with Crippen molar-refractivity contribution >= 4 is 17.2 Å². The van der Waals surface area contributed by atoms with E-state index in [9.17, 15) is 4.79 Å². The number of pyridine rings is 1. The highest BCUT2D eigenvalue weighted by Gasteiger charge is 2.21. The number of rotatable bonds is 3. The molecule has 5 heteroatoms. The smallest absolute Gasteiger partial charge is 0.253 e. The van der Waals surface area contributed by atoms with Gasteiger partial charge in [0.2, 0.25) is 0 Å². The summed E-state index contributed by atoms with van der Waals surface area (Å²) in [5, 5.41) is 7.21. The van der Waals surface area contributed by atoms with Crippen molar-refractivity contribution in [1.29, 1.82) is 0 Å². The predicted molar refractivity (Wildman–Crippen MR) is 90.0 cm³/mol. The molecule has 0 aromatic carbocycles. The Bertz CT molecular complexity index is 646. The van der Waals surface area contributed by atoms with Crippen molar-refractivity contribution in [2.24, 2.45) is 5.73 Å². The summed E-state index contributed by atoms with van der Waals surface area (Å²) in [6, 6.07) is 6.36. The van der Waals surface area contributed by atoms with Gasteiger partial charge in [-0.2, -0.15) is 11.3 Å². The molecule has 2 heterocycles. The van der Waals surface area contributed by atoms with Gasteiger partial charge in [0.25, 0.3) is 5.91 Å². The number of nitrogens with one attached hydrogen (secondary N) is 1.